The SMILES string of the molecule is Cc1ccoc1[C@H]1C[C@]2(C)O[C@@]3(CC(C)C)O[C@H]4C[C@H](C)[C@H]5C(=O)[C@@H]2C3(O1)[C@H](C)[C@H]54. The molecule has 0 N–H and O–H groups in total. The van der Waals surface area contributed by atoms with Crippen LogP contribution in [0.5, 0.6) is 0 Å². The summed E-state index contributed by atoms with van der Waals surface area (Å²) in [5.74, 6) is 1.27. The molecule has 30 heavy (non-hydrogen) atoms. The Bertz CT molecular complexity index is 905. The zero-order valence-corrected chi connectivity index (χ0v) is 18.9. The number of hydrogen-bond donors (Lipinski definition) is 0. The molecule has 4 heterocycles. The number of rotatable bonds is 3. The van der Waals surface area contributed by atoms with Crippen molar-refractivity contribution in [2.45, 2.75) is 90.0 Å². The molecule has 3 aliphatic heterocycles. The smallest absolute Gasteiger partial charge is 0.199 e. The molecule has 3 saturated heterocycles. The van der Waals surface area contributed by atoms with Gasteiger partial charge in [-0.1, -0.05) is 27.7 Å². The van der Waals surface area contributed by atoms with Gasteiger partial charge in [-0.3, -0.25) is 4.79 Å². The molecule has 5 heteroatoms. The number of ether oxygens (including phenoxy) is 3. The molecule has 0 amide bonds. The third-order valence-electron chi connectivity index (χ3n) is 9.10. The Labute approximate surface area is 178 Å². The van der Waals surface area contributed by atoms with Crippen molar-refractivity contribution in [1.82, 2.24) is 0 Å². The Kier molecular flexibility index (Phi) is 3.76. The molecule has 10 atom stereocenters. The molecule has 0 aromatic carbocycles. The highest BCUT2D eigenvalue weighted by molar-refractivity contribution is 5.89. The summed E-state index contributed by atoms with van der Waals surface area (Å²) in [5.41, 5.74) is -0.282. The Balaban J connectivity index is 1.57. The van der Waals surface area contributed by atoms with E-state index in [4.69, 9.17) is 18.6 Å². The monoisotopic (exact) mass is 414 g/mol. The van der Waals surface area contributed by atoms with Gasteiger partial charge in [0.2, 0.25) is 0 Å². The molecule has 1 spiro atoms. The zero-order valence-electron chi connectivity index (χ0n) is 18.9. The minimum absolute atomic E-state index is 0.0618. The number of ketones is 1. The predicted molar refractivity (Wildman–Crippen MR) is 110 cm³/mol. The number of carbonyl (C=O) groups excluding carboxylic acids is 1. The summed E-state index contributed by atoms with van der Waals surface area (Å²) >= 11 is 0. The molecule has 0 radical (unpaired) electrons. The molecular weight excluding hydrogens is 380 g/mol. The van der Waals surface area contributed by atoms with Gasteiger partial charge in [0.05, 0.1) is 23.9 Å². The molecule has 164 valence electrons. The molecular formula is C25H34O5. The summed E-state index contributed by atoms with van der Waals surface area (Å²) in [6.07, 6.45) is 3.88. The molecule has 2 aliphatic carbocycles. The van der Waals surface area contributed by atoms with E-state index in [2.05, 4.69) is 41.5 Å². The van der Waals surface area contributed by atoms with Gasteiger partial charge >= 0.3 is 0 Å². The van der Waals surface area contributed by atoms with E-state index in [1.165, 1.54) is 0 Å². The van der Waals surface area contributed by atoms with E-state index >= 15 is 0 Å². The summed E-state index contributed by atoms with van der Waals surface area (Å²) in [6, 6.07) is 1.98. The van der Waals surface area contributed by atoms with Crippen LogP contribution in [0.1, 0.15) is 71.3 Å². The third-order valence-corrected chi connectivity index (χ3v) is 9.10. The van der Waals surface area contributed by atoms with Gasteiger partial charge in [-0.15, -0.1) is 0 Å². The highest BCUT2D eigenvalue weighted by Crippen LogP contribution is 2.73. The topological polar surface area (TPSA) is 57.9 Å². The summed E-state index contributed by atoms with van der Waals surface area (Å²) in [5, 5.41) is 0. The zero-order chi connectivity index (χ0) is 21.2. The van der Waals surface area contributed by atoms with Crippen LogP contribution in [0.4, 0.5) is 0 Å². The van der Waals surface area contributed by atoms with Gasteiger partial charge in [0.1, 0.15) is 23.2 Å². The maximum Gasteiger partial charge on any atom is 0.199 e. The molecule has 6 rings (SSSR count). The van der Waals surface area contributed by atoms with Crippen LogP contribution in [0, 0.1) is 42.4 Å². The average molecular weight is 415 g/mol. The minimum atomic E-state index is -0.874. The van der Waals surface area contributed by atoms with Gasteiger partial charge in [-0.05, 0) is 49.7 Å². The summed E-state index contributed by atoms with van der Waals surface area (Å²) in [6.45, 7) is 13.1. The second-order valence-electron chi connectivity index (χ2n) is 11.4. The lowest BCUT2D eigenvalue weighted by Crippen LogP contribution is -2.74. The Hall–Kier alpha value is -1.17. The highest BCUT2D eigenvalue weighted by Gasteiger charge is 2.85. The molecule has 1 unspecified atom stereocenters. The first-order chi connectivity index (χ1) is 14.1. The number of furan rings is 1. The van der Waals surface area contributed by atoms with Crippen molar-refractivity contribution in [3.8, 4) is 0 Å². The van der Waals surface area contributed by atoms with Crippen LogP contribution < -0.4 is 0 Å². The quantitative estimate of drug-likeness (QED) is 0.709. The van der Waals surface area contributed by atoms with Crippen LogP contribution >= 0.6 is 0 Å². The van der Waals surface area contributed by atoms with E-state index < -0.39 is 17.0 Å². The van der Waals surface area contributed by atoms with Crippen LogP contribution in [-0.2, 0) is 19.0 Å². The number of aryl methyl sites for hydroxylation is 1. The van der Waals surface area contributed by atoms with E-state index in [9.17, 15) is 4.79 Å². The largest absolute Gasteiger partial charge is 0.466 e. The lowest BCUT2D eigenvalue weighted by Gasteiger charge is -2.62. The van der Waals surface area contributed by atoms with Crippen LogP contribution in [0.3, 0.4) is 0 Å². The van der Waals surface area contributed by atoms with Crippen molar-refractivity contribution >= 4 is 5.78 Å². The van der Waals surface area contributed by atoms with Crippen LogP contribution in [0.2, 0.25) is 0 Å². The number of Topliss-reactive ketones (excluding diaryl/α,β-unsaturated/α-hetero) is 1. The van der Waals surface area contributed by atoms with Gasteiger partial charge in [0.15, 0.2) is 5.79 Å². The van der Waals surface area contributed by atoms with Gasteiger partial charge in [-0.25, -0.2) is 0 Å². The lowest BCUT2D eigenvalue weighted by atomic mass is 9.51. The van der Waals surface area contributed by atoms with E-state index in [1.807, 2.05) is 6.07 Å². The maximum absolute atomic E-state index is 14.1. The Morgan fingerprint density at radius 2 is 2.00 bits per heavy atom. The lowest BCUT2D eigenvalue weighted by molar-refractivity contribution is -0.375. The van der Waals surface area contributed by atoms with Gasteiger partial charge < -0.3 is 18.6 Å². The predicted octanol–water partition coefficient (Wildman–Crippen LogP) is 4.83. The molecule has 1 aromatic rings. The van der Waals surface area contributed by atoms with E-state index in [-0.39, 0.29) is 35.9 Å². The molecule has 5 fully saturated rings. The average Bonchev–Trinajstić information content (AvgIpc) is 3.24. The fourth-order valence-corrected chi connectivity index (χ4v) is 8.38. The summed E-state index contributed by atoms with van der Waals surface area (Å²) < 4.78 is 26.9. The van der Waals surface area contributed by atoms with Gasteiger partial charge in [-0.2, -0.15) is 0 Å². The maximum atomic E-state index is 14.1. The fourth-order valence-electron chi connectivity index (χ4n) is 8.38. The fraction of sp³-hybridized carbons (Fsp3) is 0.800. The second kappa shape index (κ2) is 5.79. The van der Waals surface area contributed by atoms with Crippen molar-refractivity contribution in [2.75, 3.05) is 0 Å². The first-order valence-corrected chi connectivity index (χ1v) is 11.8. The third kappa shape index (κ3) is 2.03. The first-order valence-electron chi connectivity index (χ1n) is 11.8. The molecule has 5 aliphatic rings. The number of hydrogen-bond acceptors (Lipinski definition) is 5. The molecule has 2 saturated carbocycles. The second-order valence-corrected chi connectivity index (χ2v) is 11.4. The van der Waals surface area contributed by atoms with Crippen LogP contribution in [0.15, 0.2) is 16.7 Å². The Morgan fingerprint density at radius 1 is 1.23 bits per heavy atom. The molecule has 3 bridgehead atoms. The van der Waals surface area contributed by atoms with Crippen LogP contribution in [-0.4, -0.2) is 28.9 Å². The van der Waals surface area contributed by atoms with Crippen molar-refractivity contribution in [3.63, 3.8) is 0 Å². The van der Waals surface area contributed by atoms with Crippen LogP contribution in [0.25, 0.3) is 0 Å². The van der Waals surface area contributed by atoms with E-state index in [1.54, 1.807) is 6.26 Å². The normalized spacial score (nSPS) is 53.6. The van der Waals surface area contributed by atoms with Gasteiger partial charge in [0, 0.05) is 24.7 Å². The van der Waals surface area contributed by atoms with Crippen molar-refractivity contribution in [3.05, 3.63) is 23.7 Å². The van der Waals surface area contributed by atoms with Crippen molar-refractivity contribution < 1.29 is 23.4 Å². The van der Waals surface area contributed by atoms with Crippen molar-refractivity contribution in [1.29, 1.82) is 0 Å². The Morgan fingerprint density at radius 3 is 2.67 bits per heavy atom. The van der Waals surface area contributed by atoms with Gasteiger partial charge in [0.25, 0.3) is 0 Å². The molecule has 1 aromatic heterocycles. The first kappa shape index (κ1) is 19.5. The molecule has 5 nitrogen and oxygen atoms in total. The van der Waals surface area contributed by atoms with E-state index in [0.717, 1.165) is 24.2 Å². The highest BCUT2D eigenvalue weighted by atomic mass is 16.8. The summed E-state index contributed by atoms with van der Waals surface area (Å²) in [7, 11) is 0. The summed E-state index contributed by atoms with van der Waals surface area (Å²) in [4.78, 5) is 14.1. The van der Waals surface area contributed by atoms with Crippen molar-refractivity contribution in [2.24, 2.45) is 35.5 Å². The van der Waals surface area contributed by atoms with E-state index in [0.29, 0.717) is 24.0 Å². The minimum Gasteiger partial charge on any atom is -0.466 e. The standard InChI is InChI=1S/C25H34O5/c1-12(2)10-24-25-15(5)19-16(28-24)9-14(4)18(19)20(26)22(25)23(6,30-24)11-17(29-25)21-13(3)7-8-27-21/h7-8,12,14-19,22H,9-11H2,1-6H3/t14-,15+,16-,17+,18+,19-,22-,23-,24+,25?/m0/s1. The number of carbonyl (C=O) groups is 1.